The van der Waals surface area contributed by atoms with Crippen molar-refractivity contribution >= 4 is 34.8 Å². The van der Waals surface area contributed by atoms with Crippen LogP contribution in [0.15, 0.2) is 18.2 Å². The number of amides is 1. The first kappa shape index (κ1) is 19.7. The van der Waals surface area contributed by atoms with Crippen molar-refractivity contribution in [2.45, 2.75) is 44.6 Å². The minimum absolute atomic E-state index is 0.0405. The molecule has 1 aromatic carbocycles. The SMILES string of the molecule is Cc1c(Cl)c(C2CC3CC(O)CC3C2)c(C(=O)Nc2ccc(F)c(Cl)c2)n1C. The van der Waals surface area contributed by atoms with E-state index in [1.54, 1.807) is 0 Å². The lowest BCUT2D eigenvalue weighted by molar-refractivity contribution is 0.101. The predicted molar refractivity (Wildman–Crippen MR) is 109 cm³/mol. The second-order valence-electron chi connectivity index (χ2n) is 8.12. The maximum Gasteiger partial charge on any atom is 0.272 e. The summed E-state index contributed by atoms with van der Waals surface area (Å²) in [4.78, 5) is 13.1. The number of carbonyl (C=O) groups is 1. The van der Waals surface area contributed by atoms with E-state index >= 15 is 0 Å². The fraction of sp³-hybridized carbons (Fsp3) is 0.476. The summed E-state index contributed by atoms with van der Waals surface area (Å²) in [5.74, 6) is 0.365. The second-order valence-corrected chi connectivity index (χ2v) is 8.90. The van der Waals surface area contributed by atoms with E-state index in [9.17, 15) is 14.3 Å². The third kappa shape index (κ3) is 3.34. The molecule has 2 aliphatic carbocycles. The molecule has 0 bridgehead atoms. The lowest BCUT2D eigenvalue weighted by Crippen LogP contribution is -2.19. The van der Waals surface area contributed by atoms with Gasteiger partial charge in [-0.25, -0.2) is 4.39 Å². The lowest BCUT2D eigenvalue weighted by Gasteiger charge is -2.16. The second kappa shape index (κ2) is 7.36. The highest BCUT2D eigenvalue weighted by molar-refractivity contribution is 6.33. The molecule has 4 nitrogen and oxygen atoms in total. The predicted octanol–water partition coefficient (Wildman–Crippen LogP) is 5.30. The summed E-state index contributed by atoms with van der Waals surface area (Å²) in [5.41, 5.74) is 2.70. The summed E-state index contributed by atoms with van der Waals surface area (Å²) in [6, 6.07) is 4.11. The van der Waals surface area contributed by atoms with Crippen LogP contribution in [0.4, 0.5) is 10.1 Å². The van der Waals surface area contributed by atoms with Crippen molar-refractivity contribution in [2.75, 3.05) is 5.32 Å². The smallest absolute Gasteiger partial charge is 0.272 e. The first-order valence-corrected chi connectivity index (χ1v) is 10.3. The van der Waals surface area contributed by atoms with E-state index in [2.05, 4.69) is 5.32 Å². The van der Waals surface area contributed by atoms with Gasteiger partial charge in [0.15, 0.2) is 0 Å². The number of benzene rings is 1. The van der Waals surface area contributed by atoms with E-state index < -0.39 is 5.82 Å². The first-order valence-electron chi connectivity index (χ1n) is 9.55. The molecule has 28 heavy (non-hydrogen) atoms. The van der Waals surface area contributed by atoms with E-state index in [1.807, 2.05) is 18.5 Å². The van der Waals surface area contributed by atoms with Crippen LogP contribution in [0.5, 0.6) is 0 Å². The highest BCUT2D eigenvalue weighted by Crippen LogP contribution is 2.53. The number of hydrogen-bond acceptors (Lipinski definition) is 2. The van der Waals surface area contributed by atoms with Crippen molar-refractivity contribution in [3.8, 4) is 0 Å². The molecule has 150 valence electrons. The summed E-state index contributed by atoms with van der Waals surface area (Å²) < 4.78 is 15.2. The zero-order chi connectivity index (χ0) is 20.2. The molecule has 0 aliphatic heterocycles. The number of halogens is 3. The molecular weight excluding hydrogens is 402 g/mol. The van der Waals surface area contributed by atoms with Crippen molar-refractivity contribution in [1.29, 1.82) is 0 Å². The summed E-state index contributed by atoms with van der Waals surface area (Å²) >= 11 is 12.5. The van der Waals surface area contributed by atoms with Gasteiger partial charge in [0.2, 0.25) is 0 Å². The zero-order valence-corrected chi connectivity index (χ0v) is 17.3. The minimum atomic E-state index is -0.530. The van der Waals surface area contributed by atoms with Gasteiger partial charge < -0.3 is 15.0 Å². The van der Waals surface area contributed by atoms with Gasteiger partial charge in [-0.2, -0.15) is 0 Å². The third-order valence-electron chi connectivity index (χ3n) is 6.44. The van der Waals surface area contributed by atoms with Gasteiger partial charge in [-0.05, 0) is 68.6 Å². The van der Waals surface area contributed by atoms with E-state index in [0.717, 1.165) is 36.9 Å². The number of aliphatic hydroxyl groups is 1. The molecule has 0 spiro atoms. The monoisotopic (exact) mass is 424 g/mol. The largest absolute Gasteiger partial charge is 0.393 e. The number of anilines is 1. The number of hydrogen-bond donors (Lipinski definition) is 2. The molecule has 2 fully saturated rings. The number of aromatic nitrogens is 1. The Hall–Kier alpha value is -1.56. The fourth-order valence-corrected chi connectivity index (χ4v) is 5.58. The molecule has 2 saturated carbocycles. The van der Waals surface area contributed by atoms with Crippen LogP contribution in [0.25, 0.3) is 0 Å². The molecule has 0 saturated heterocycles. The molecule has 2 atom stereocenters. The molecule has 1 aromatic heterocycles. The Morgan fingerprint density at radius 1 is 1.21 bits per heavy atom. The Morgan fingerprint density at radius 3 is 2.46 bits per heavy atom. The van der Waals surface area contributed by atoms with Gasteiger partial charge in [0, 0.05) is 24.0 Å². The number of nitrogens with one attached hydrogen (secondary N) is 1. The van der Waals surface area contributed by atoms with E-state index in [0.29, 0.717) is 28.2 Å². The van der Waals surface area contributed by atoms with Crippen LogP contribution in [-0.2, 0) is 7.05 Å². The van der Waals surface area contributed by atoms with Crippen LogP contribution in [0.1, 0.15) is 53.3 Å². The summed E-state index contributed by atoms with van der Waals surface area (Å²) in [7, 11) is 1.83. The molecule has 7 heteroatoms. The Kier molecular flexibility index (Phi) is 5.19. The van der Waals surface area contributed by atoms with E-state index in [-0.39, 0.29) is 23.0 Å². The standard InChI is InChI=1S/C21H23Cl2FN2O2/c1-10-19(23)18(13-5-11-7-15(27)8-12(11)6-13)20(26(10)2)21(28)25-14-3-4-17(24)16(22)9-14/h3-4,9,11-13,15,27H,5-8H2,1-2H3,(H,25,28). The van der Waals surface area contributed by atoms with Crippen LogP contribution in [0.3, 0.4) is 0 Å². The number of carbonyl (C=O) groups excluding carboxylic acids is 1. The van der Waals surface area contributed by atoms with E-state index in [1.165, 1.54) is 18.2 Å². The lowest BCUT2D eigenvalue weighted by atomic mass is 9.93. The van der Waals surface area contributed by atoms with Gasteiger partial charge >= 0.3 is 0 Å². The molecule has 0 radical (unpaired) electrons. The summed E-state index contributed by atoms with van der Waals surface area (Å²) in [6.45, 7) is 1.90. The summed E-state index contributed by atoms with van der Waals surface area (Å²) in [5, 5.41) is 13.3. The van der Waals surface area contributed by atoms with Gasteiger partial charge in [-0.15, -0.1) is 0 Å². The highest BCUT2D eigenvalue weighted by Gasteiger charge is 2.43. The molecule has 2 aromatic rings. The topological polar surface area (TPSA) is 54.3 Å². The molecule has 1 amide bonds. The first-order chi connectivity index (χ1) is 13.3. The Bertz CT molecular complexity index is 929. The number of nitrogens with zero attached hydrogens (tertiary/aromatic N) is 1. The Balaban J connectivity index is 1.64. The summed E-state index contributed by atoms with van der Waals surface area (Å²) in [6.07, 6.45) is 3.34. The maximum absolute atomic E-state index is 13.4. The number of fused-ring (bicyclic) bond motifs is 1. The zero-order valence-electron chi connectivity index (χ0n) is 15.8. The Labute approximate surface area is 173 Å². The van der Waals surface area contributed by atoms with Crippen molar-refractivity contribution in [3.05, 3.63) is 51.0 Å². The molecule has 1 heterocycles. The van der Waals surface area contributed by atoms with Gasteiger partial charge in [0.1, 0.15) is 11.5 Å². The average molecular weight is 425 g/mol. The highest BCUT2D eigenvalue weighted by atomic mass is 35.5. The molecule has 4 rings (SSSR count). The molecule has 2 unspecified atom stereocenters. The van der Waals surface area contributed by atoms with Gasteiger partial charge in [-0.1, -0.05) is 23.2 Å². The van der Waals surface area contributed by atoms with Crippen LogP contribution in [-0.4, -0.2) is 21.7 Å². The minimum Gasteiger partial charge on any atom is -0.393 e. The van der Waals surface area contributed by atoms with Crippen LogP contribution < -0.4 is 5.32 Å². The van der Waals surface area contributed by atoms with Crippen molar-refractivity contribution in [2.24, 2.45) is 18.9 Å². The molecular formula is C21H23Cl2FN2O2. The molecule has 2 aliphatic rings. The van der Waals surface area contributed by atoms with Crippen molar-refractivity contribution in [3.63, 3.8) is 0 Å². The van der Waals surface area contributed by atoms with Gasteiger partial charge in [0.25, 0.3) is 5.91 Å². The van der Waals surface area contributed by atoms with Crippen LogP contribution in [0.2, 0.25) is 10.0 Å². The van der Waals surface area contributed by atoms with E-state index in [4.69, 9.17) is 23.2 Å². The van der Waals surface area contributed by atoms with Crippen LogP contribution in [0, 0.1) is 24.6 Å². The third-order valence-corrected chi connectivity index (χ3v) is 7.21. The average Bonchev–Trinajstić information content (AvgIpc) is 3.23. The van der Waals surface area contributed by atoms with Crippen LogP contribution >= 0.6 is 23.2 Å². The molecule has 2 N–H and O–H groups in total. The quantitative estimate of drug-likeness (QED) is 0.702. The number of aliphatic hydroxyl groups excluding tert-OH is 1. The number of rotatable bonds is 3. The van der Waals surface area contributed by atoms with Gasteiger partial charge in [0.05, 0.1) is 16.1 Å². The Morgan fingerprint density at radius 2 is 1.86 bits per heavy atom. The fourth-order valence-electron chi connectivity index (χ4n) is 5.03. The van der Waals surface area contributed by atoms with Gasteiger partial charge in [-0.3, -0.25) is 4.79 Å². The normalized spacial score (nSPS) is 26.5. The van der Waals surface area contributed by atoms with Crippen molar-refractivity contribution in [1.82, 2.24) is 4.57 Å². The maximum atomic E-state index is 13.4. The van der Waals surface area contributed by atoms with Crippen molar-refractivity contribution < 1.29 is 14.3 Å².